The lowest BCUT2D eigenvalue weighted by Crippen LogP contribution is -2.30. The Morgan fingerprint density at radius 1 is 0.889 bits per heavy atom. The normalized spacial score (nSPS) is 14.6. The number of amides is 1. The van der Waals surface area contributed by atoms with Crippen LogP contribution in [0.5, 0.6) is 0 Å². The monoisotopic (exact) mass is 380 g/mol. The van der Waals surface area contributed by atoms with E-state index in [1.807, 2.05) is 14.1 Å². The van der Waals surface area contributed by atoms with E-state index in [4.69, 9.17) is 0 Å². The van der Waals surface area contributed by atoms with Gasteiger partial charge in [0.2, 0.25) is 5.91 Å². The van der Waals surface area contributed by atoms with Gasteiger partial charge in [-0.15, -0.1) is 0 Å². The Hall–Kier alpha value is -0.830. The third kappa shape index (κ3) is 18.3. The minimum Gasteiger partial charge on any atom is -0.351 e. The molecule has 0 aromatic heterocycles. The van der Waals surface area contributed by atoms with Gasteiger partial charge in [-0.25, -0.2) is 0 Å². The highest BCUT2D eigenvalue weighted by atomic mass is 16.1. The van der Waals surface area contributed by atoms with E-state index < -0.39 is 0 Å². The van der Waals surface area contributed by atoms with Gasteiger partial charge in [0.25, 0.3) is 0 Å². The molecule has 160 valence electrons. The molecule has 27 heavy (non-hydrogen) atoms. The molecule has 0 bridgehead atoms. The molecule has 0 aliphatic rings. The van der Waals surface area contributed by atoms with E-state index in [-0.39, 0.29) is 5.91 Å². The van der Waals surface area contributed by atoms with Gasteiger partial charge in [-0.2, -0.15) is 0 Å². The number of rotatable bonds is 16. The van der Waals surface area contributed by atoms with E-state index in [2.05, 4.69) is 44.8 Å². The van der Waals surface area contributed by atoms with Crippen molar-refractivity contribution in [3.8, 4) is 0 Å². The first-order chi connectivity index (χ1) is 12.7. The molecule has 1 amide bonds. The Morgan fingerprint density at radius 2 is 1.41 bits per heavy atom. The molecule has 0 aliphatic carbocycles. The molecule has 2 atom stereocenters. The number of hydrogen-bond donors (Lipinski definition) is 1. The lowest BCUT2D eigenvalue weighted by atomic mass is 9.91. The smallest absolute Gasteiger partial charge is 0.243 e. The van der Waals surface area contributed by atoms with Crippen LogP contribution in [0.15, 0.2) is 11.6 Å². The van der Waals surface area contributed by atoms with E-state index in [0.717, 1.165) is 30.7 Å². The van der Waals surface area contributed by atoms with Crippen LogP contribution >= 0.6 is 0 Å². The summed E-state index contributed by atoms with van der Waals surface area (Å²) in [6.45, 7) is 13.1. The number of allylic oxidation sites excluding steroid dienone is 1. The Balaban J connectivity index is 3.75. The van der Waals surface area contributed by atoms with Crippen LogP contribution in [0, 0.1) is 17.8 Å². The zero-order chi connectivity index (χ0) is 20.7. The molecule has 0 aliphatic heterocycles. The maximum Gasteiger partial charge on any atom is 0.243 e. The van der Waals surface area contributed by atoms with Crippen LogP contribution in [0.2, 0.25) is 0 Å². The predicted molar refractivity (Wildman–Crippen MR) is 120 cm³/mol. The van der Waals surface area contributed by atoms with Gasteiger partial charge in [-0.3, -0.25) is 4.79 Å². The first-order valence-corrected chi connectivity index (χ1v) is 11.3. The van der Waals surface area contributed by atoms with Gasteiger partial charge in [0, 0.05) is 19.2 Å². The van der Waals surface area contributed by atoms with Crippen LogP contribution < -0.4 is 5.32 Å². The fourth-order valence-corrected chi connectivity index (χ4v) is 3.46. The van der Waals surface area contributed by atoms with Crippen LogP contribution in [0.25, 0.3) is 0 Å². The van der Waals surface area contributed by atoms with Crippen LogP contribution in [-0.4, -0.2) is 38.0 Å². The minimum atomic E-state index is 0.0499. The van der Waals surface area contributed by atoms with Crippen molar-refractivity contribution in [2.45, 2.75) is 92.4 Å². The maximum atomic E-state index is 11.8. The summed E-state index contributed by atoms with van der Waals surface area (Å²) in [5, 5.41) is 2.95. The van der Waals surface area contributed by atoms with Crippen molar-refractivity contribution in [3.63, 3.8) is 0 Å². The van der Waals surface area contributed by atoms with Gasteiger partial charge in [-0.1, -0.05) is 78.2 Å². The summed E-state index contributed by atoms with van der Waals surface area (Å²) in [6, 6.07) is 0. The van der Waals surface area contributed by atoms with Crippen LogP contribution in [0.1, 0.15) is 92.4 Å². The summed E-state index contributed by atoms with van der Waals surface area (Å²) in [7, 11) is 4.03. The number of carbonyl (C=O) groups is 1. The number of carbonyl (C=O) groups excluding carboxylic acids is 1. The van der Waals surface area contributed by atoms with E-state index >= 15 is 0 Å². The number of likely N-dealkylation sites (N-methyl/N-ethyl adjacent to an activating group) is 1. The zero-order valence-corrected chi connectivity index (χ0v) is 19.4. The summed E-state index contributed by atoms with van der Waals surface area (Å²) < 4.78 is 0. The summed E-state index contributed by atoms with van der Waals surface area (Å²) >= 11 is 0. The van der Waals surface area contributed by atoms with Gasteiger partial charge in [0.05, 0.1) is 0 Å². The molecule has 2 unspecified atom stereocenters. The van der Waals surface area contributed by atoms with Crippen molar-refractivity contribution in [3.05, 3.63) is 11.6 Å². The van der Waals surface area contributed by atoms with E-state index in [1.54, 1.807) is 6.08 Å². The van der Waals surface area contributed by atoms with Crippen LogP contribution in [0.3, 0.4) is 0 Å². The Bertz CT molecular complexity index is 401. The molecule has 0 radical (unpaired) electrons. The van der Waals surface area contributed by atoms with Gasteiger partial charge < -0.3 is 10.2 Å². The quantitative estimate of drug-likeness (QED) is 0.331. The second-order valence-corrected chi connectivity index (χ2v) is 9.44. The maximum absolute atomic E-state index is 11.8. The highest BCUT2D eigenvalue weighted by molar-refractivity contribution is 5.88. The predicted octanol–water partition coefficient (Wildman–Crippen LogP) is 6.05. The van der Waals surface area contributed by atoms with Crippen LogP contribution in [-0.2, 0) is 4.79 Å². The summed E-state index contributed by atoms with van der Waals surface area (Å²) in [5.74, 6) is 2.58. The average Bonchev–Trinajstić information content (AvgIpc) is 2.53. The standard InChI is InChI=1S/C24H48N2O/c1-20(2)11-8-12-21(3)13-9-14-22(4)15-10-16-23(5)19-24(27)25-17-18-26(6)7/h19-22H,8-18H2,1-7H3,(H,25,27). The highest BCUT2D eigenvalue weighted by Crippen LogP contribution is 2.22. The fraction of sp³-hybridized carbons (Fsp3) is 0.875. The molecular formula is C24H48N2O. The largest absolute Gasteiger partial charge is 0.351 e. The molecule has 0 fully saturated rings. The molecule has 1 N–H and O–H groups in total. The van der Waals surface area contributed by atoms with Crippen molar-refractivity contribution in [1.82, 2.24) is 10.2 Å². The Morgan fingerprint density at radius 3 is 1.93 bits per heavy atom. The molecule has 0 heterocycles. The SMILES string of the molecule is CC(=CC(=O)NCCN(C)C)CCCC(C)CCCC(C)CCCC(C)C. The van der Waals surface area contributed by atoms with Crippen molar-refractivity contribution in [2.75, 3.05) is 27.2 Å². The molecule has 0 aromatic carbocycles. The second-order valence-electron chi connectivity index (χ2n) is 9.44. The van der Waals surface area contributed by atoms with Gasteiger partial charge in [-0.05, 0) is 51.6 Å². The number of nitrogens with one attached hydrogen (secondary N) is 1. The van der Waals surface area contributed by atoms with Crippen molar-refractivity contribution in [1.29, 1.82) is 0 Å². The van der Waals surface area contributed by atoms with Crippen LogP contribution in [0.4, 0.5) is 0 Å². The van der Waals surface area contributed by atoms with Gasteiger partial charge in [0.1, 0.15) is 0 Å². The number of nitrogens with zero attached hydrogens (tertiary/aromatic N) is 1. The molecule has 3 nitrogen and oxygen atoms in total. The molecule has 0 saturated carbocycles. The second kappa shape index (κ2) is 16.2. The molecule has 0 saturated heterocycles. The summed E-state index contributed by atoms with van der Waals surface area (Å²) in [5.41, 5.74) is 1.20. The number of hydrogen-bond acceptors (Lipinski definition) is 2. The third-order valence-electron chi connectivity index (χ3n) is 5.38. The molecule has 3 heteroatoms. The molecular weight excluding hydrogens is 332 g/mol. The van der Waals surface area contributed by atoms with Crippen molar-refractivity contribution in [2.24, 2.45) is 17.8 Å². The van der Waals surface area contributed by atoms with Crippen molar-refractivity contribution >= 4 is 5.91 Å². The molecule has 0 spiro atoms. The topological polar surface area (TPSA) is 32.3 Å². The van der Waals surface area contributed by atoms with Gasteiger partial charge >= 0.3 is 0 Å². The first kappa shape index (κ1) is 26.2. The lowest BCUT2D eigenvalue weighted by Gasteiger charge is -2.15. The zero-order valence-electron chi connectivity index (χ0n) is 19.4. The third-order valence-corrected chi connectivity index (χ3v) is 5.38. The van der Waals surface area contributed by atoms with E-state index in [9.17, 15) is 4.79 Å². The van der Waals surface area contributed by atoms with Gasteiger partial charge in [0.15, 0.2) is 0 Å². The minimum absolute atomic E-state index is 0.0499. The Labute approximate surface area is 170 Å². The molecule has 0 rings (SSSR count). The summed E-state index contributed by atoms with van der Waals surface area (Å²) in [4.78, 5) is 13.9. The summed E-state index contributed by atoms with van der Waals surface area (Å²) in [6.07, 6.45) is 13.5. The first-order valence-electron chi connectivity index (χ1n) is 11.3. The van der Waals surface area contributed by atoms with E-state index in [1.165, 1.54) is 56.9 Å². The molecule has 0 aromatic rings. The van der Waals surface area contributed by atoms with Crippen molar-refractivity contribution < 1.29 is 4.79 Å². The highest BCUT2D eigenvalue weighted by Gasteiger charge is 2.07. The Kier molecular flexibility index (Phi) is 15.7. The fourth-order valence-electron chi connectivity index (χ4n) is 3.46. The average molecular weight is 381 g/mol. The lowest BCUT2D eigenvalue weighted by molar-refractivity contribution is -0.116. The van der Waals surface area contributed by atoms with E-state index in [0.29, 0.717) is 6.54 Å².